The Balaban J connectivity index is 1.93. The molecule has 0 aliphatic carbocycles. The molecule has 0 atom stereocenters. The number of nitrogens with two attached hydrogens (primary N) is 1. The van der Waals surface area contributed by atoms with Crippen molar-refractivity contribution in [3.63, 3.8) is 0 Å². The summed E-state index contributed by atoms with van der Waals surface area (Å²) in [4.78, 5) is 9.19. The molecule has 0 spiro atoms. The van der Waals surface area contributed by atoms with Crippen molar-refractivity contribution in [3.8, 4) is 0 Å². The Hall–Kier alpha value is -1.55. The summed E-state index contributed by atoms with van der Waals surface area (Å²) < 4.78 is 0. The second-order valence-corrected chi connectivity index (χ2v) is 6.63. The highest BCUT2D eigenvalue weighted by molar-refractivity contribution is 5.78. The number of hydrogen-bond donors (Lipinski definition) is 1. The minimum Gasteiger partial charge on any atom is -0.370 e. The number of guanidine groups is 1. The van der Waals surface area contributed by atoms with Crippen LogP contribution in [-0.4, -0.2) is 41.9 Å². The fraction of sp³-hybridized carbons (Fsp3) is 0.632. The Kier molecular flexibility index (Phi) is 6.90. The maximum Gasteiger partial charge on any atom is 0.191 e. The lowest BCUT2D eigenvalue weighted by Gasteiger charge is -2.30. The molecule has 2 N–H and O–H groups in total. The molecule has 0 bridgehead atoms. The Morgan fingerprint density at radius 2 is 1.87 bits per heavy atom. The molecule has 0 aromatic heterocycles. The van der Waals surface area contributed by atoms with Gasteiger partial charge in [0, 0.05) is 19.6 Å². The van der Waals surface area contributed by atoms with Crippen LogP contribution in [0, 0.1) is 5.92 Å². The third-order valence-corrected chi connectivity index (χ3v) is 4.78. The number of hydrogen-bond acceptors (Lipinski definition) is 2. The zero-order valence-corrected chi connectivity index (χ0v) is 15.0. The van der Waals surface area contributed by atoms with Gasteiger partial charge in [-0.25, -0.2) is 4.99 Å². The highest BCUT2D eigenvalue weighted by Gasteiger charge is 2.15. The van der Waals surface area contributed by atoms with Gasteiger partial charge in [-0.2, -0.15) is 0 Å². The molecule has 0 unspecified atom stereocenters. The molecule has 2 rings (SSSR count). The van der Waals surface area contributed by atoms with Gasteiger partial charge in [0.15, 0.2) is 5.96 Å². The molecule has 1 aliphatic rings. The molecular weight excluding hydrogens is 284 g/mol. The van der Waals surface area contributed by atoms with E-state index in [9.17, 15) is 0 Å². The van der Waals surface area contributed by atoms with Crippen LogP contribution in [0.15, 0.2) is 29.3 Å². The summed E-state index contributed by atoms with van der Waals surface area (Å²) in [5.41, 5.74) is 8.68. The minimum absolute atomic E-state index is 0.644. The normalized spacial score (nSPS) is 17.4. The van der Waals surface area contributed by atoms with Crippen LogP contribution in [0.3, 0.4) is 0 Å². The van der Waals surface area contributed by atoms with Crippen molar-refractivity contribution in [2.75, 3.05) is 26.2 Å². The van der Waals surface area contributed by atoms with E-state index in [2.05, 4.69) is 59.8 Å². The predicted molar refractivity (Wildman–Crippen MR) is 98.4 cm³/mol. The van der Waals surface area contributed by atoms with Gasteiger partial charge in [-0.05, 0) is 56.8 Å². The van der Waals surface area contributed by atoms with Gasteiger partial charge in [0.1, 0.15) is 0 Å². The molecule has 1 aliphatic heterocycles. The van der Waals surface area contributed by atoms with Crippen LogP contribution in [0.2, 0.25) is 0 Å². The standard InChI is InChI=1S/C19H32N4/c1-4-23(5-2)19(20)21-14-17-7-6-8-18(13-17)15-22-11-9-16(3)10-12-22/h6-8,13,16H,4-5,9-12,14-15H2,1-3H3,(H2,20,21). The topological polar surface area (TPSA) is 44.9 Å². The first-order chi connectivity index (χ1) is 11.1. The molecule has 1 aromatic rings. The summed E-state index contributed by atoms with van der Waals surface area (Å²) in [5.74, 6) is 1.53. The highest BCUT2D eigenvalue weighted by atomic mass is 15.2. The number of piperidine rings is 1. The van der Waals surface area contributed by atoms with Gasteiger partial charge in [0.05, 0.1) is 6.54 Å². The van der Waals surface area contributed by atoms with E-state index in [4.69, 9.17) is 5.73 Å². The molecule has 0 saturated carbocycles. The average Bonchev–Trinajstić information content (AvgIpc) is 2.57. The first kappa shape index (κ1) is 17.8. The zero-order valence-electron chi connectivity index (χ0n) is 15.0. The highest BCUT2D eigenvalue weighted by Crippen LogP contribution is 2.18. The monoisotopic (exact) mass is 316 g/mol. The van der Waals surface area contributed by atoms with Crippen LogP contribution in [0.4, 0.5) is 0 Å². The van der Waals surface area contributed by atoms with Crippen molar-refractivity contribution in [3.05, 3.63) is 35.4 Å². The van der Waals surface area contributed by atoms with Gasteiger partial charge in [0.25, 0.3) is 0 Å². The summed E-state index contributed by atoms with van der Waals surface area (Å²) in [6, 6.07) is 8.77. The second kappa shape index (κ2) is 8.92. The molecule has 1 fully saturated rings. The van der Waals surface area contributed by atoms with Gasteiger partial charge in [0.2, 0.25) is 0 Å². The van der Waals surface area contributed by atoms with Gasteiger partial charge >= 0.3 is 0 Å². The molecule has 0 amide bonds. The largest absolute Gasteiger partial charge is 0.370 e. The molecule has 4 nitrogen and oxygen atoms in total. The van der Waals surface area contributed by atoms with Gasteiger partial charge < -0.3 is 10.6 Å². The predicted octanol–water partition coefficient (Wildman–Crippen LogP) is 3.08. The first-order valence-electron chi connectivity index (χ1n) is 8.97. The summed E-state index contributed by atoms with van der Waals surface area (Å²) in [5, 5.41) is 0. The fourth-order valence-corrected chi connectivity index (χ4v) is 3.12. The van der Waals surface area contributed by atoms with Crippen molar-refractivity contribution in [2.24, 2.45) is 16.6 Å². The number of rotatable bonds is 6. The lowest BCUT2D eigenvalue weighted by Crippen LogP contribution is -2.37. The van der Waals surface area contributed by atoms with Crippen molar-refractivity contribution in [1.82, 2.24) is 9.80 Å². The zero-order chi connectivity index (χ0) is 16.7. The maximum absolute atomic E-state index is 6.05. The summed E-state index contributed by atoms with van der Waals surface area (Å²) in [6.07, 6.45) is 2.65. The SMILES string of the molecule is CCN(CC)C(N)=NCc1cccc(CN2CCC(C)CC2)c1. The van der Waals surface area contributed by atoms with Crippen LogP contribution in [0.5, 0.6) is 0 Å². The molecular formula is C19H32N4. The van der Waals surface area contributed by atoms with E-state index in [1.165, 1.54) is 37.1 Å². The Bertz CT molecular complexity index is 500. The van der Waals surface area contributed by atoms with Crippen molar-refractivity contribution in [2.45, 2.75) is 46.7 Å². The van der Waals surface area contributed by atoms with Crippen LogP contribution >= 0.6 is 0 Å². The van der Waals surface area contributed by atoms with E-state index in [0.29, 0.717) is 12.5 Å². The third kappa shape index (κ3) is 5.54. The van der Waals surface area contributed by atoms with E-state index >= 15 is 0 Å². The van der Waals surface area contributed by atoms with Crippen molar-refractivity contribution in [1.29, 1.82) is 0 Å². The summed E-state index contributed by atoms with van der Waals surface area (Å²) in [7, 11) is 0. The minimum atomic E-state index is 0.644. The van der Waals surface area contributed by atoms with Crippen molar-refractivity contribution < 1.29 is 0 Å². The van der Waals surface area contributed by atoms with Crippen molar-refractivity contribution >= 4 is 5.96 Å². The van der Waals surface area contributed by atoms with E-state index in [1.54, 1.807) is 0 Å². The third-order valence-electron chi connectivity index (χ3n) is 4.78. The van der Waals surface area contributed by atoms with E-state index < -0.39 is 0 Å². The quantitative estimate of drug-likeness (QED) is 0.648. The lowest BCUT2D eigenvalue weighted by atomic mass is 9.98. The smallest absolute Gasteiger partial charge is 0.191 e. The summed E-state index contributed by atoms with van der Waals surface area (Å²) >= 11 is 0. The molecule has 0 radical (unpaired) electrons. The molecule has 128 valence electrons. The van der Waals surface area contributed by atoms with E-state index in [0.717, 1.165) is 25.6 Å². The molecule has 1 aromatic carbocycles. The summed E-state index contributed by atoms with van der Waals surface area (Å²) in [6.45, 7) is 12.5. The van der Waals surface area contributed by atoms with Crippen LogP contribution in [0.25, 0.3) is 0 Å². The number of benzene rings is 1. The van der Waals surface area contributed by atoms with Gasteiger partial charge in [-0.1, -0.05) is 31.2 Å². The number of aliphatic imine (C=N–C) groups is 1. The average molecular weight is 316 g/mol. The Morgan fingerprint density at radius 3 is 2.52 bits per heavy atom. The number of likely N-dealkylation sites (tertiary alicyclic amines) is 1. The molecule has 23 heavy (non-hydrogen) atoms. The van der Waals surface area contributed by atoms with Crippen LogP contribution < -0.4 is 5.73 Å². The number of nitrogens with zero attached hydrogens (tertiary/aromatic N) is 3. The lowest BCUT2D eigenvalue weighted by molar-refractivity contribution is 0.185. The van der Waals surface area contributed by atoms with Crippen LogP contribution in [0.1, 0.15) is 44.7 Å². The van der Waals surface area contributed by atoms with E-state index in [1.807, 2.05) is 0 Å². The Labute approximate surface area is 141 Å². The maximum atomic E-state index is 6.05. The van der Waals surface area contributed by atoms with E-state index in [-0.39, 0.29) is 0 Å². The van der Waals surface area contributed by atoms with Crippen LogP contribution in [-0.2, 0) is 13.1 Å². The molecule has 1 saturated heterocycles. The second-order valence-electron chi connectivity index (χ2n) is 6.63. The van der Waals surface area contributed by atoms with Gasteiger partial charge in [-0.3, -0.25) is 4.90 Å². The Morgan fingerprint density at radius 1 is 1.22 bits per heavy atom. The van der Waals surface area contributed by atoms with Gasteiger partial charge in [-0.15, -0.1) is 0 Å². The first-order valence-corrected chi connectivity index (χ1v) is 8.97. The fourth-order valence-electron chi connectivity index (χ4n) is 3.12. The molecule has 1 heterocycles. The molecule has 4 heteroatoms.